The van der Waals surface area contributed by atoms with Crippen LogP contribution in [0.2, 0.25) is 0 Å². The predicted octanol–water partition coefficient (Wildman–Crippen LogP) is 2.02. The third kappa shape index (κ3) is 5.00. The number of anilines is 3. The first-order chi connectivity index (χ1) is 14.2. The molecule has 8 heteroatoms. The van der Waals surface area contributed by atoms with Crippen molar-refractivity contribution in [2.75, 3.05) is 60.9 Å². The van der Waals surface area contributed by atoms with Crippen LogP contribution in [0.25, 0.3) is 0 Å². The molecule has 0 radical (unpaired) electrons. The molecule has 154 valence electrons. The van der Waals surface area contributed by atoms with Gasteiger partial charge in [0.25, 0.3) is 0 Å². The Kier molecular flexibility index (Phi) is 6.19. The molecule has 0 spiro atoms. The molecule has 1 aromatic heterocycles. The van der Waals surface area contributed by atoms with E-state index in [1.807, 2.05) is 12.1 Å². The van der Waals surface area contributed by atoms with Crippen LogP contribution >= 0.6 is 0 Å². The third-order valence-electron chi connectivity index (χ3n) is 5.63. The number of nitrogens with zero attached hydrogens (tertiary/aromatic N) is 5. The van der Waals surface area contributed by atoms with Crippen molar-refractivity contribution in [2.45, 2.75) is 18.9 Å². The molecular formula is C21H27FN6O. The zero-order valence-corrected chi connectivity index (χ0v) is 16.5. The average molecular weight is 398 g/mol. The van der Waals surface area contributed by atoms with Gasteiger partial charge >= 0.3 is 0 Å². The van der Waals surface area contributed by atoms with Gasteiger partial charge in [-0.05, 0) is 31.0 Å². The summed E-state index contributed by atoms with van der Waals surface area (Å²) in [5.74, 6) is 1.52. The number of rotatable bonds is 6. The minimum Gasteiger partial charge on any atom is -0.369 e. The summed E-state index contributed by atoms with van der Waals surface area (Å²) < 4.78 is 13.6. The van der Waals surface area contributed by atoms with Gasteiger partial charge in [0, 0.05) is 57.1 Å². The molecule has 1 N–H and O–H groups in total. The number of halogens is 1. The number of nitrogens with one attached hydrogen (secondary N) is 1. The Morgan fingerprint density at radius 2 is 1.97 bits per heavy atom. The normalized spacial score (nSPS) is 20.5. The molecular weight excluding hydrogens is 371 g/mol. The summed E-state index contributed by atoms with van der Waals surface area (Å²) in [6.07, 6.45) is 4.66. The Bertz CT molecular complexity index is 826. The smallest absolute Gasteiger partial charge is 0.134 e. The minimum absolute atomic E-state index is 0.203. The maximum atomic E-state index is 13.6. The van der Waals surface area contributed by atoms with Gasteiger partial charge in [-0.15, -0.1) is 0 Å². The van der Waals surface area contributed by atoms with Gasteiger partial charge in [-0.3, -0.25) is 4.90 Å². The average Bonchev–Trinajstić information content (AvgIpc) is 2.75. The number of benzene rings is 1. The molecule has 1 atom stereocenters. The van der Waals surface area contributed by atoms with Gasteiger partial charge < -0.3 is 19.9 Å². The molecule has 4 rings (SSSR count). The van der Waals surface area contributed by atoms with E-state index in [2.05, 4.69) is 30.0 Å². The van der Waals surface area contributed by atoms with Crippen molar-refractivity contribution in [3.05, 3.63) is 42.5 Å². The SMILES string of the molecule is O=CCN1CCN(c2cc(N[C@@H]3CCCN(c4cccc(F)c4)C3)ncn2)CC1. The molecule has 0 saturated carbocycles. The number of hydrogen-bond acceptors (Lipinski definition) is 7. The monoisotopic (exact) mass is 398 g/mol. The van der Waals surface area contributed by atoms with E-state index in [1.165, 1.54) is 6.07 Å². The van der Waals surface area contributed by atoms with Crippen LogP contribution in [0, 0.1) is 5.82 Å². The lowest BCUT2D eigenvalue weighted by Gasteiger charge is -2.36. The van der Waals surface area contributed by atoms with E-state index < -0.39 is 0 Å². The molecule has 0 bridgehead atoms. The first kappa shape index (κ1) is 19.6. The second-order valence-corrected chi connectivity index (χ2v) is 7.63. The molecule has 2 aromatic rings. The van der Waals surface area contributed by atoms with Crippen LogP contribution in [0.4, 0.5) is 21.7 Å². The fourth-order valence-electron chi connectivity index (χ4n) is 4.08. The molecule has 0 aliphatic carbocycles. The number of hydrogen-bond donors (Lipinski definition) is 1. The van der Waals surface area contributed by atoms with Crippen LogP contribution in [0.5, 0.6) is 0 Å². The van der Waals surface area contributed by atoms with E-state index in [0.29, 0.717) is 6.54 Å². The summed E-state index contributed by atoms with van der Waals surface area (Å²) in [6, 6.07) is 9.03. The van der Waals surface area contributed by atoms with Crippen LogP contribution < -0.4 is 15.1 Å². The summed E-state index contributed by atoms with van der Waals surface area (Å²) in [5, 5.41) is 3.53. The van der Waals surface area contributed by atoms with E-state index in [1.54, 1.807) is 18.5 Å². The van der Waals surface area contributed by atoms with Gasteiger partial charge in [-0.2, -0.15) is 0 Å². The summed E-state index contributed by atoms with van der Waals surface area (Å²) in [7, 11) is 0. The topological polar surface area (TPSA) is 64.6 Å². The van der Waals surface area contributed by atoms with Gasteiger partial charge in [0.2, 0.25) is 0 Å². The lowest BCUT2D eigenvalue weighted by molar-refractivity contribution is -0.108. The second-order valence-electron chi connectivity index (χ2n) is 7.63. The molecule has 29 heavy (non-hydrogen) atoms. The van der Waals surface area contributed by atoms with Gasteiger partial charge in [0.1, 0.15) is 30.1 Å². The molecule has 7 nitrogen and oxygen atoms in total. The van der Waals surface area contributed by atoms with Gasteiger partial charge in [-0.1, -0.05) is 6.07 Å². The first-order valence-electron chi connectivity index (χ1n) is 10.2. The van der Waals surface area contributed by atoms with Crippen molar-refractivity contribution < 1.29 is 9.18 Å². The van der Waals surface area contributed by atoms with Crippen LogP contribution in [0.3, 0.4) is 0 Å². The molecule has 2 fully saturated rings. The number of carbonyl (C=O) groups excluding carboxylic acids is 1. The fourth-order valence-corrected chi connectivity index (χ4v) is 4.08. The van der Waals surface area contributed by atoms with E-state index in [4.69, 9.17) is 0 Å². The zero-order valence-electron chi connectivity index (χ0n) is 16.5. The Labute approximate surface area is 170 Å². The quantitative estimate of drug-likeness (QED) is 0.747. The summed E-state index contributed by atoms with van der Waals surface area (Å²) in [5.41, 5.74) is 0.924. The highest BCUT2D eigenvalue weighted by Gasteiger charge is 2.22. The Morgan fingerprint density at radius 3 is 2.76 bits per heavy atom. The minimum atomic E-state index is -0.203. The highest BCUT2D eigenvalue weighted by molar-refractivity contribution is 5.53. The molecule has 3 heterocycles. The fraction of sp³-hybridized carbons (Fsp3) is 0.476. The van der Waals surface area contributed by atoms with E-state index in [9.17, 15) is 9.18 Å². The van der Waals surface area contributed by atoms with Crippen molar-refractivity contribution in [3.8, 4) is 0 Å². The van der Waals surface area contributed by atoms with E-state index in [-0.39, 0.29) is 11.9 Å². The van der Waals surface area contributed by atoms with Crippen molar-refractivity contribution >= 4 is 23.6 Å². The predicted molar refractivity (Wildman–Crippen MR) is 112 cm³/mol. The number of piperazine rings is 1. The molecule has 2 aliphatic rings. The Morgan fingerprint density at radius 1 is 1.10 bits per heavy atom. The van der Waals surface area contributed by atoms with Crippen LogP contribution in [0.1, 0.15) is 12.8 Å². The number of piperidine rings is 1. The maximum Gasteiger partial charge on any atom is 0.134 e. The molecule has 2 saturated heterocycles. The first-order valence-corrected chi connectivity index (χ1v) is 10.2. The van der Waals surface area contributed by atoms with Gasteiger partial charge in [0.05, 0.1) is 6.54 Å². The molecule has 0 unspecified atom stereocenters. The summed E-state index contributed by atoms with van der Waals surface area (Å²) in [4.78, 5) is 26.1. The number of carbonyl (C=O) groups is 1. The second kappa shape index (κ2) is 9.17. The lowest BCUT2D eigenvalue weighted by atomic mass is 10.0. The maximum absolute atomic E-state index is 13.6. The third-order valence-corrected chi connectivity index (χ3v) is 5.63. The summed E-state index contributed by atoms with van der Waals surface area (Å²) in [6.45, 7) is 5.65. The molecule has 0 amide bonds. The Hall–Kier alpha value is -2.74. The number of aldehydes is 1. The van der Waals surface area contributed by atoms with Crippen molar-refractivity contribution in [1.29, 1.82) is 0 Å². The lowest BCUT2D eigenvalue weighted by Crippen LogP contribution is -2.47. The highest BCUT2D eigenvalue weighted by Crippen LogP contribution is 2.23. The van der Waals surface area contributed by atoms with Gasteiger partial charge in [0.15, 0.2) is 0 Å². The number of aromatic nitrogens is 2. The van der Waals surface area contributed by atoms with Gasteiger partial charge in [-0.25, -0.2) is 14.4 Å². The molecule has 2 aliphatic heterocycles. The van der Waals surface area contributed by atoms with Crippen molar-refractivity contribution in [3.63, 3.8) is 0 Å². The van der Waals surface area contributed by atoms with Crippen LogP contribution in [0.15, 0.2) is 36.7 Å². The van der Waals surface area contributed by atoms with Crippen molar-refractivity contribution in [1.82, 2.24) is 14.9 Å². The Balaban J connectivity index is 1.37. The van der Waals surface area contributed by atoms with Crippen LogP contribution in [-0.2, 0) is 4.79 Å². The largest absolute Gasteiger partial charge is 0.369 e. The highest BCUT2D eigenvalue weighted by atomic mass is 19.1. The summed E-state index contributed by atoms with van der Waals surface area (Å²) >= 11 is 0. The standard InChI is InChI=1S/C21H27FN6O/c22-17-3-1-5-19(13-17)28-6-2-4-18(15-28)25-20-14-21(24-16-23-20)27-9-7-26(8-10-27)11-12-29/h1,3,5,12-14,16,18H,2,4,6-11,15H2,(H,23,24,25)/t18-/m1/s1. The van der Waals surface area contributed by atoms with Crippen LogP contribution in [-0.4, -0.2) is 73.0 Å². The van der Waals surface area contributed by atoms with E-state index in [0.717, 1.165) is 75.7 Å². The van der Waals surface area contributed by atoms with E-state index >= 15 is 0 Å². The molecule has 1 aromatic carbocycles. The zero-order chi connectivity index (χ0) is 20.1. The van der Waals surface area contributed by atoms with Crippen molar-refractivity contribution in [2.24, 2.45) is 0 Å².